The first-order chi connectivity index (χ1) is 19.3. The van der Waals surface area contributed by atoms with Gasteiger partial charge in [0.2, 0.25) is 0 Å². The maximum Gasteiger partial charge on any atom is 0.0849 e. The van der Waals surface area contributed by atoms with E-state index in [-0.39, 0.29) is 0 Å². The van der Waals surface area contributed by atoms with Gasteiger partial charge in [-0.05, 0) is 29.5 Å². The maximum atomic E-state index is 2.36. The molecule has 3 aromatic carbocycles. The lowest BCUT2D eigenvalue weighted by atomic mass is 10.0. The topological polar surface area (TPSA) is 0 Å². The molecule has 212 valence electrons. The molecule has 39 heavy (non-hydrogen) atoms. The summed E-state index contributed by atoms with van der Waals surface area (Å²) in [5.41, 5.74) is 4.58. The zero-order valence-electron chi connectivity index (χ0n) is 25.0. The molecule has 0 bridgehead atoms. The minimum Gasteiger partial charge on any atom is -0.0654 e. The Kier molecular flexibility index (Phi) is 16.2. The number of benzene rings is 3. The monoisotopic (exact) mass is 543 g/mol. The van der Waals surface area contributed by atoms with Crippen molar-refractivity contribution in [1.82, 2.24) is 0 Å². The Morgan fingerprint density at radius 3 is 0.949 bits per heavy atom. The first kappa shape index (κ1) is 31.6. The molecule has 0 radical (unpaired) electrons. The van der Waals surface area contributed by atoms with Crippen LogP contribution in [0.25, 0.3) is 0 Å². The highest BCUT2D eigenvalue weighted by Crippen LogP contribution is 2.67. The predicted molar refractivity (Wildman–Crippen MR) is 177 cm³/mol. The molecule has 0 amide bonds. The largest absolute Gasteiger partial charge is 0.0849 e. The maximum absolute atomic E-state index is 2.36. The van der Waals surface area contributed by atoms with E-state index >= 15 is 0 Å². The van der Waals surface area contributed by atoms with Gasteiger partial charge in [-0.15, -0.1) is 0 Å². The van der Waals surface area contributed by atoms with Crippen LogP contribution >= 0.6 is 7.26 Å². The Morgan fingerprint density at radius 2 is 0.641 bits per heavy atom. The summed E-state index contributed by atoms with van der Waals surface area (Å²) in [6.07, 6.45) is 26.7. The minimum absolute atomic E-state index is 1.25. The van der Waals surface area contributed by atoms with Crippen molar-refractivity contribution >= 4 is 7.26 Å². The van der Waals surface area contributed by atoms with Crippen LogP contribution in [0, 0.1) is 0 Å². The highest BCUT2D eigenvalue weighted by Gasteiger charge is 2.37. The lowest BCUT2D eigenvalue weighted by Gasteiger charge is -2.29. The van der Waals surface area contributed by atoms with E-state index in [4.69, 9.17) is 0 Å². The minimum atomic E-state index is -1.25. The Bertz CT molecular complexity index is 848. The predicted octanol–water partition coefficient (Wildman–Crippen LogP) is 12.5. The molecule has 0 spiro atoms. The van der Waals surface area contributed by atoms with Crippen molar-refractivity contribution in [2.24, 2.45) is 0 Å². The van der Waals surface area contributed by atoms with Crippen LogP contribution in [-0.2, 0) is 18.5 Å². The van der Waals surface area contributed by atoms with Gasteiger partial charge in [-0.3, -0.25) is 0 Å². The van der Waals surface area contributed by atoms with Gasteiger partial charge >= 0.3 is 0 Å². The van der Waals surface area contributed by atoms with Crippen LogP contribution in [0.5, 0.6) is 0 Å². The fraction of sp³-hybridized carbons (Fsp3) is 0.526. The quantitative estimate of drug-likeness (QED) is 0.0873. The van der Waals surface area contributed by atoms with E-state index in [0.29, 0.717) is 0 Å². The van der Waals surface area contributed by atoms with Gasteiger partial charge in [0.25, 0.3) is 0 Å². The molecule has 0 fully saturated rings. The molecule has 0 aliphatic heterocycles. The summed E-state index contributed by atoms with van der Waals surface area (Å²) in [5, 5.41) is 0. The number of rotatable bonds is 22. The van der Waals surface area contributed by atoms with Gasteiger partial charge in [0.1, 0.15) is 0 Å². The molecular formula is C38H56P+. The second kappa shape index (κ2) is 20.0. The first-order valence-electron chi connectivity index (χ1n) is 16.3. The van der Waals surface area contributed by atoms with E-state index in [9.17, 15) is 0 Å². The molecule has 0 aromatic heterocycles. The molecule has 0 unspecified atom stereocenters. The zero-order valence-corrected chi connectivity index (χ0v) is 25.9. The van der Waals surface area contributed by atoms with E-state index in [0.717, 1.165) is 0 Å². The Hall–Kier alpha value is -1.91. The normalized spacial score (nSPS) is 11.6. The van der Waals surface area contributed by atoms with E-state index in [1.54, 1.807) is 0 Å². The molecule has 3 aromatic rings. The summed E-state index contributed by atoms with van der Waals surface area (Å²) in [6, 6.07) is 34.0. The van der Waals surface area contributed by atoms with Gasteiger partial charge in [0.05, 0.1) is 24.6 Å². The second-order valence-electron chi connectivity index (χ2n) is 11.9. The van der Waals surface area contributed by atoms with Crippen molar-refractivity contribution in [3.05, 3.63) is 108 Å². The molecule has 0 heterocycles. The van der Waals surface area contributed by atoms with Gasteiger partial charge < -0.3 is 0 Å². The molecule has 0 nitrogen and oxygen atoms in total. The van der Waals surface area contributed by atoms with E-state index in [2.05, 4.69) is 97.9 Å². The SMILES string of the molecule is CCCCCCCCCCCCCCCCC[P+](Cc1ccccc1)(Cc1ccccc1)Cc1ccccc1. The molecule has 0 atom stereocenters. The summed E-state index contributed by atoms with van der Waals surface area (Å²) in [4.78, 5) is 0. The fourth-order valence-electron chi connectivity index (χ4n) is 6.14. The van der Waals surface area contributed by atoms with Gasteiger partial charge in [0, 0.05) is 7.26 Å². The molecular weight excluding hydrogens is 487 g/mol. The number of hydrogen-bond donors (Lipinski definition) is 0. The van der Waals surface area contributed by atoms with Crippen molar-refractivity contribution < 1.29 is 0 Å². The van der Waals surface area contributed by atoms with Crippen molar-refractivity contribution in [1.29, 1.82) is 0 Å². The van der Waals surface area contributed by atoms with Crippen LogP contribution in [-0.4, -0.2) is 6.16 Å². The Morgan fingerprint density at radius 1 is 0.359 bits per heavy atom. The lowest BCUT2D eigenvalue weighted by Crippen LogP contribution is -2.09. The summed E-state index contributed by atoms with van der Waals surface area (Å²) in [7, 11) is -1.25. The summed E-state index contributed by atoms with van der Waals surface area (Å²) in [6.45, 7) is 2.30. The highest BCUT2D eigenvalue weighted by atomic mass is 31.2. The van der Waals surface area contributed by atoms with E-state index in [1.807, 2.05) is 0 Å². The third-order valence-corrected chi connectivity index (χ3v) is 12.7. The smallest absolute Gasteiger partial charge is 0.0654 e. The fourth-order valence-corrected chi connectivity index (χ4v) is 10.8. The summed E-state index contributed by atoms with van der Waals surface area (Å²) in [5.74, 6) is 0. The molecule has 0 N–H and O–H groups in total. The van der Waals surface area contributed by atoms with Crippen LogP contribution in [0.1, 0.15) is 120 Å². The van der Waals surface area contributed by atoms with Crippen LogP contribution in [0.3, 0.4) is 0 Å². The third-order valence-electron chi connectivity index (χ3n) is 8.32. The van der Waals surface area contributed by atoms with Crippen LogP contribution < -0.4 is 0 Å². The molecule has 0 aliphatic carbocycles. The average Bonchev–Trinajstić information content (AvgIpc) is 2.97. The number of unbranched alkanes of at least 4 members (excludes halogenated alkanes) is 14. The summed E-state index contributed by atoms with van der Waals surface area (Å²) < 4.78 is 0. The van der Waals surface area contributed by atoms with Crippen molar-refractivity contribution in [3.8, 4) is 0 Å². The summed E-state index contributed by atoms with van der Waals surface area (Å²) >= 11 is 0. The van der Waals surface area contributed by atoms with Crippen molar-refractivity contribution in [2.75, 3.05) is 6.16 Å². The van der Waals surface area contributed by atoms with E-state index in [1.165, 1.54) is 138 Å². The number of hydrogen-bond acceptors (Lipinski definition) is 0. The lowest BCUT2D eigenvalue weighted by molar-refractivity contribution is 0.534. The van der Waals surface area contributed by atoms with Crippen molar-refractivity contribution in [2.45, 2.75) is 122 Å². The third kappa shape index (κ3) is 13.8. The van der Waals surface area contributed by atoms with Crippen LogP contribution in [0.2, 0.25) is 0 Å². The van der Waals surface area contributed by atoms with Gasteiger partial charge in [0.15, 0.2) is 0 Å². The standard InChI is InChI=1S/C38H56P/c1-2-3-4-5-6-7-8-9-10-11-12-13-14-15-25-32-39(33-36-26-19-16-20-27-36,34-37-28-21-17-22-29-37)35-38-30-23-18-24-31-38/h16-24,26-31H,2-15,25,32-35H2,1H3/q+1. The highest BCUT2D eigenvalue weighted by molar-refractivity contribution is 7.73. The molecule has 1 heteroatoms. The zero-order chi connectivity index (χ0) is 27.3. The van der Waals surface area contributed by atoms with Crippen LogP contribution in [0.4, 0.5) is 0 Å². The second-order valence-corrected chi connectivity index (χ2v) is 16.0. The van der Waals surface area contributed by atoms with E-state index < -0.39 is 7.26 Å². The molecule has 3 rings (SSSR count). The van der Waals surface area contributed by atoms with Gasteiger partial charge in [-0.25, -0.2) is 0 Å². The molecule has 0 aliphatic rings. The molecule has 0 saturated carbocycles. The Labute approximate surface area is 242 Å². The Balaban J connectivity index is 1.45. The van der Waals surface area contributed by atoms with Crippen molar-refractivity contribution in [3.63, 3.8) is 0 Å². The van der Waals surface area contributed by atoms with Gasteiger partial charge in [-0.2, -0.15) is 0 Å². The first-order valence-corrected chi connectivity index (χ1v) is 18.8. The van der Waals surface area contributed by atoms with Gasteiger partial charge in [-0.1, -0.05) is 181 Å². The average molecular weight is 544 g/mol. The molecule has 0 saturated heterocycles. The van der Waals surface area contributed by atoms with Crippen LogP contribution in [0.15, 0.2) is 91.0 Å².